The molecule has 2 aromatic heterocycles. The van der Waals surface area contributed by atoms with Crippen LogP contribution in [0, 0.1) is 0 Å². The van der Waals surface area contributed by atoms with Crippen molar-refractivity contribution in [2.24, 2.45) is 0 Å². The van der Waals surface area contributed by atoms with E-state index in [2.05, 4.69) is 24.7 Å². The fraction of sp³-hybridized carbons (Fsp3) is 0.538. The van der Waals surface area contributed by atoms with Crippen molar-refractivity contribution in [2.75, 3.05) is 0 Å². The van der Waals surface area contributed by atoms with E-state index in [1.807, 2.05) is 12.5 Å². The summed E-state index contributed by atoms with van der Waals surface area (Å²) in [5.41, 5.74) is 2.29. The first kappa shape index (κ1) is 11.3. The molecule has 94 valence electrons. The van der Waals surface area contributed by atoms with Gasteiger partial charge in [0, 0.05) is 25.4 Å². The molecule has 5 nitrogen and oxygen atoms in total. The van der Waals surface area contributed by atoms with Crippen molar-refractivity contribution >= 4 is 0 Å². The standard InChI is InChI=1S/C13H17N5/c1-2-5-12-11(4-1)15-13(17-16-12)6-3-8-18-9-7-14-10-18/h7,9-10H,1-6,8H2. The van der Waals surface area contributed by atoms with Gasteiger partial charge in [-0.25, -0.2) is 9.97 Å². The minimum atomic E-state index is 0.885. The van der Waals surface area contributed by atoms with Gasteiger partial charge in [0.15, 0.2) is 5.82 Å². The molecule has 0 unspecified atom stereocenters. The zero-order chi connectivity index (χ0) is 12.2. The molecule has 2 heterocycles. The van der Waals surface area contributed by atoms with Crippen molar-refractivity contribution in [3.63, 3.8) is 0 Å². The molecule has 0 atom stereocenters. The Morgan fingerprint density at radius 3 is 2.83 bits per heavy atom. The van der Waals surface area contributed by atoms with Crippen molar-refractivity contribution in [1.29, 1.82) is 0 Å². The van der Waals surface area contributed by atoms with E-state index < -0.39 is 0 Å². The average Bonchev–Trinajstić information content (AvgIpc) is 2.92. The third-order valence-electron chi connectivity index (χ3n) is 3.34. The number of hydrogen-bond donors (Lipinski definition) is 0. The normalized spacial score (nSPS) is 14.4. The van der Waals surface area contributed by atoms with Crippen molar-refractivity contribution in [3.8, 4) is 0 Å². The minimum Gasteiger partial charge on any atom is -0.337 e. The Kier molecular flexibility index (Phi) is 3.30. The van der Waals surface area contributed by atoms with Gasteiger partial charge in [0.05, 0.1) is 17.7 Å². The minimum absolute atomic E-state index is 0.885. The van der Waals surface area contributed by atoms with Gasteiger partial charge in [-0.15, -0.1) is 5.10 Å². The molecule has 0 radical (unpaired) electrons. The highest BCUT2D eigenvalue weighted by molar-refractivity contribution is 5.13. The molecule has 0 saturated carbocycles. The van der Waals surface area contributed by atoms with Crippen LogP contribution >= 0.6 is 0 Å². The molecule has 0 bridgehead atoms. The number of nitrogens with zero attached hydrogens (tertiary/aromatic N) is 5. The number of rotatable bonds is 4. The Labute approximate surface area is 106 Å². The Balaban J connectivity index is 1.59. The average molecular weight is 243 g/mol. The molecule has 1 aliphatic carbocycles. The van der Waals surface area contributed by atoms with Crippen LogP contribution in [-0.2, 0) is 25.8 Å². The van der Waals surface area contributed by atoms with Crippen LogP contribution in [0.3, 0.4) is 0 Å². The van der Waals surface area contributed by atoms with Crippen molar-refractivity contribution < 1.29 is 0 Å². The van der Waals surface area contributed by atoms with Gasteiger partial charge in [-0.3, -0.25) is 0 Å². The second-order valence-electron chi connectivity index (χ2n) is 4.73. The fourth-order valence-electron chi connectivity index (χ4n) is 2.34. The molecule has 0 aliphatic heterocycles. The molecule has 18 heavy (non-hydrogen) atoms. The smallest absolute Gasteiger partial charge is 0.151 e. The quantitative estimate of drug-likeness (QED) is 0.818. The van der Waals surface area contributed by atoms with E-state index in [1.54, 1.807) is 6.20 Å². The molecule has 0 spiro atoms. The molecule has 0 saturated heterocycles. The Morgan fingerprint density at radius 1 is 1.11 bits per heavy atom. The third kappa shape index (κ3) is 2.55. The first-order valence-corrected chi connectivity index (χ1v) is 6.59. The maximum Gasteiger partial charge on any atom is 0.151 e. The van der Waals surface area contributed by atoms with Gasteiger partial charge in [-0.05, 0) is 32.1 Å². The third-order valence-corrected chi connectivity index (χ3v) is 3.34. The zero-order valence-corrected chi connectivity index (χ0v) is 10.4. The van der Waals surface area contributed by atoms with E-state index in [9.17, 15) is 0 Å². The van der Waals surface area contributed by atoms with Gasteiger partial charge in [-0.2, -0.15) is 5.10 Å². The van der Waals surface area contributed by atoms with Gasteiger partial charge >= 0.3 is 0 Å². The molecule has 0 fully saturated rings. The summed E-state index contributed by atoms with van der Waals surface area (Å²) >= 11 is 0. The van der Waals surface area contributed by atoms with Crippen LogP contribution in [0.5, 0.6) is 0 Å². The van der Waals surface area contributed by atoms with Crippen LogP contribution in [0.4, 0.5) is 0 Å². The van der Waals surface area contributed by atoms with Crippen LogP contribution in [0.1, 0.15) is 36.5 Å². The molecular formula is C13H17N5. The summed E-state index contributed by atoms with van der Waals surface area (Å²) in [6, 6.07) is 0. The number of hydrogen-bond acceptors (Lipinski definition) is 4. The van der Waals surface area contributed by atoms with E-state index in [-0.39, 0.29) is 0 Å². The summed E-state index contributed by atoms with van der Waals surface area (Å²) < 4.78 is 2.08. The number of fused-ring (bicyclic) bond motifs is 1. The molecule has 0 aromatic carbocycles. The maximum absolute atomic E-state index is 4.63. The summed E-state index contributed by atoms with van der Waals surface area (Å²) in [7, 11) is 0. The van der Waals surface area contributed by atoms with Gasteiger partial charge < -0.3 is 4.57 Å². The van der Waals surface area contributed by atoms with E-state index in [0.717, 1.165) is 43.7 Å². The fourth-order valence-corrected chi connectivity index (χ4v) is 2.34. The summed E-state index contributed by atoms with van der Waals surface area (Å²) in [6.07, 6.45) is 12.1. The van der Waals surface area contributed by atoms with E-state index >= 15 is 0 Å². The van der Waals surface area contributed by atoms with Crippen LogP contribution in [0.15, 0.2) is 18.7 Å². The Bertz CT molecular complexity index is 506. The highest BCUT2D eigenvalue weighted by Gasteiger charge is 2.13. The topological polar surface area (TPSA) is 56.5 Å². The molecular weight excluding hydrogens is 226 g/mol. The van der Waals surface area contributed by atoms with E-state index in [0.29, 0.717) is 0 Å². The molecule has 5 heteroatoms. The predicted molar refractivity (Wildman–Crippen MR) is 67.0 cm³/mol. The van der Waals surface area contributed by atoms with Crippen molar-refractivity contribution in [2.45, 2.75) is 45.1 Å². The highest BCUT2D eigenvalue weighted by atomic mass is 15.2. The van der Waals surface area contributed by atoms with Crippen molar-refractivity contribution in [3.05, 3.63) is 35.9 Å². The van der Waals surface area contributed by atoms with Crippen LogP contribution in [0.2, 0.25) is 0 Å². The lowest BCUT2D eigenvalue weighted by Crippen LogP contribution is -2.12. The first-order valence-electron chi connectivity index (χ1n) is 6.59. The molecule has 3 rings (SSSR count). The van der Waals surface area contributed by atoms with Gasteiger partial charge in [0.2, 0.25) is 0 Å². The van der Waals surface area contributed by atoms with Gasteiger partial charge in [-0.1, -0.05) is 0 Å². The second kappa shape index (κ2) is 5.25. The summed E-state index contributed by atoms with van der Waals surface area (Å²) in [5, 5.41) is 8.53. The zero-order valence-electron chi connectivity index (χ0n) is 10.4. The second-order valence-corrected chi connectivity index (χ2v) is 4.73. The number of aryl methyl sites for hydroxylation is 4. The Morgan fingerprint density at radius 2 is 2.00 bits per heavy atom. The van der Waals surface area contributed by atoms with Crippen LogP contribution in [0.25, 0.3) is 0 Å². The predicted octanol–water partition coefficient (Wildman–Crippen LogP) is 1.58. The molecule has 0 amide bonds. The van der Waals surface area contributed by atoms with E-state index in [1.165, 1.54) is 18.5 Å². The van der Waals surface area contributed by atoms with Gasteiger partial charge in [0.25, 0.3) is 0 Å². The SMILES string of the molecule is c1cn(CCCc2nnc3c(n2)CCCC3)cn1. The largest absolute Gasteiger partial charge is 0.337 e. The molecule has 2 aromatic rings. The van der Waals surface area contributed by atoms with Crippen LogP contribution < -0.4 is 0 Å². The van der Waals surface area contributed by atoms with Crippen molar-refractivity contribution in [1.82, 2.24) is 24.7 Å². The first-order chi connectivity index (χ1) is 8.92. The summed E-state index contributed by atoms with van der Waals surface area (Å²) in [6.45, 7) is 0.959. The molecule has 0 N–H and O–H groups in total. The van der Waals surface area contributed by atoms with E-state index in [4.69, 9.17) is 0 Å². The maximum atomic E-state index is 4.63. The number of aromatic nitrogens is 5. The van der Waals surface area contributed by atoms with Gasteiger partial charge in [0.1, 0.15) is 0 Å². The lowest BCUT2D eigenvalue weighted by molar-refractivity contribution is 0.591. The lowest BCUT2D eigenvalue weighted by atomic mass is 10.0. The monoisotopic (exact) mass is 243 g/mol. The lowest BCUT2D eigenvalue weighted by Gasteiger charge is -2.13. The molecule has 1 aliphatic rings. The van der Waals surface area contributed by atoms with Crippen LogP contribution in [-0.4, -0.2) is 24.7 Å². The highest BCUT2D eigenvalue weighted by Crippen LogP contribution is 2.16. The Hall–Kier alpha value is -1.78. The number of imidazole rings is 1. The summed E-state index contributed by atoms with van der Waals surface area (Å²) in [5.74, 6) is 0.885. The summed E-state index contributed by atoms with van der Waals surface area (Å²) in [4.78, 5) is 8.66.